The Labute approximate surface area is 145 Å². The molecule has 1 N–H and O–H groups in total. The van der Waals surface area contributed by atoms with Crippen LogP contribution in [0.1, 0.15) is 11.6 Å². The van der Waals surface area contributed by atoms with Crippen LogP contribution in [0, 0.1) is 0 Å². The molecule has 7 heteroatoms. The Morgan fingerprint density at radius 3 is 2.64 bits per heavy atom. The number of methoxy groups -OCH3 is 1. The SMILES string of the molecule is COc1ccc(C(CO)N(C)CCn2nc3ccccn3c2=O)cc1. The smallest absolute Gasteiger partial charge is 0.350 e. The Morgan fingerprint density at radius 1 is 1.24 bits per heavy atom. The highest BCUT2D eigenvalue weighted by Gasteiger charge is 2.17. The molecule has 25 heavy (non-hydrogen) atoms. The predicted molar refractivity (Wildman–Crippen MR) is 94.9 cm³/mol. The predicted octanol–water partition coefficient (Wildman–Crippen LogP) is 1.17. The summed E-state index contributed by atoms with van der Waals surface area (Å²) < 4.78 is 8.14. The van der Waals surface area contributed by atoms with Crippen molar-refractivity contribution < 1.29 is 9.84 Å². The Kier molecular flexibility index (Phi) is 5.16. The van der Waals surface area contributed by atoms with Crippen molar-refractivity contribution >= 4 is 5.65 Å². The third-order valence-electron chi connectivity index (χ3n) is 4.36. The van der Waals surface area contributed by atoms with Crippen molar-refractivity contribution in [3.05, 3.63) is 64.7 Å². The Bertz CT molecular complexity index is 885. The summed E-state index contributed by atoms with van der Waals surface area (Å²) in [5.74, 6) is 0.777. The van der Waals surface area contributed by atoms with Crippen LogP contribution in [-0.4, -0.2) is 51.5 Å². The second kappa shape index (κ2) is 7.50. The second-order valence-electron chi connectivity index (χ2n) is 5.89. The summed E-state index contributed by atoms with van der Waals surface area (Å²) in [6, 6.07) is 12.9. The summed E-state index contributed by atoms with van der Waals surface area (Å²) in [7, 11) is 3.54. The standard InChI is InChI=1S/C18H22N4O3/c1-20(16(13-23)14-6-8-15(25-2)9-7-14)11-12-22-18(24)21-10-4-3-5-17(21)19-22/h3-10,16,23H,11-13H2,1-2H3. The summed E-state index contributed by atoms with van der Waals surface area (Å²) in [6.45, 7) is 1.02. The van der Waals surface area contributed by atoms with E-state index in [0.29, 0.717) is 18.7 Å². The van der Waals surface area contributed by atoms with Crippen LogP contribution in [0.3, 0.4) is 0 Å². The van der Waals surface area contributed by atoms with Crippen LogP contribution in [0.4, 0.5) is 0 Å². The number of hydrogen-bond donors (Lipinski definition) is 1. The molecule has 7 nitrogen and oxygen atoms in total. The Hall–Kier alpha value is -2.64. The molecular weight excluding hydrogens is 320 g/mol. The fourth-order valence-electron chi connectivity index (χ4n) is 2.85. The maximum absolute atomic E-state index is 12.3. The van der Waals surface area contributed by atoms with E-state index in [1.54, 1.807) is 25.4 Å². The number of aliphatic hydroxyl groups excluding tert-OH is 1. The molecule has 3 rings (SSSR count). The molecule has 0 aliphatic rings. The van der Waals surface area contributed by atoms with Gasteiger partial charge in [-0.1, -0.05) is 18.2 Å². The number of pyridine rings is 1. The lowest BCUT2D eigenvalue weighted by atomic mass is 10.1. The van der Waals surface area contributed by atoms with Crippen LogP contribution in [0.5, 0.6) is 5.75 Å². The van der Waals surface area contributed by atoms with Crippen molar-refractivity contribution in [2.24, 2.45) is 0 Å². The third-order valence-corrected chi connectivity index (χ3v) is 4.36. The lowest BCUT2D eigenvalue weighted by Gasteiger charge is -2.26. The Balaban J connectivity index is 1.71. The molecule has 0 aliphatic heterocycles. The van der Waals surface area contributed by atoms with Gasteiger partial charge in [0.05, 0.1) is 26.3 Å². The van der Waals surface area contributed by atoms with Crippen molar-refractivity contribution in [2.75, 3.05) is 27.3 Å². The summed E-state index contributed by atoms with van der Waals surface area (Å²) in [4.78, 5) is 14.3. The van der Waals surface area contributed by atoms with Gasteiger partial charge in [0.15, 0.2) is 5.65 Å². The zero-order valence-corrected chi connectivity index (χ0v) is 14.4. The average molecular weight is 342 g/mol. The van der Waals surface area contributed by atoms with Gasteiger partial charge in [-0.05, 0) is 36.9 Å². The lowest BCUT2D eigenvalue weighted by molar-refractivity contribution is 0.143. The molecule has 2 heterocycles. The maximum atomic E-state index is 12.3. The van der Waals surface area contributed by atoms with E-state index >= 15 is 0 Å². The zero-order valence-electron chi connectivity index (χ0n) is 14.4. The molecule has 0 saturated carbocycles. The molecule has 1 unspecified atom stereocenters. The first-order chi connectivity index (χ1) is 12.1. The van der Waals surface area contributed by atoms with Gasteiger partial charge < -0.3 is 9.84 Å². The van der Waals surface area contributed by atoms with E-state index < -0.39 is 0 Å². The van der Waals surface area contributed by atoms with Crippen LogP contribution < -0.4 is 10.4 Å². The molecule has 0 aliphatic carbocycles. The number of likely N-dealkylation sites (N-methyl/N-ethyl adjacent to an activating group) is 1. The molecule has 1 aromatic carbocycles. The number of benzene rings is 1. The first kappa shape index (κ1) is 17.2. The summed E-state index contributed by atoms with van der Waals surface area (Å²) in [6.07, 6.45) is 1.71. The van der Waals surface area contributed by atoms with Crippen molar-refractivity contribution in [3.8, 4) is 5.75 Å². The van der Waals surface area contributed by atoms with Crippen LogP contribution in [0.2, 0.25) is 0 Å². The summed E-state index contributed by atoms with van der Waals surface area (Å²) in [5, 5.41) is 14.1. The van der Waals surface area contributed by atoms with Gasteiger partial charge in [-0.2, -0.15) is 0 Å². The monoisotopic (exact) mass is 342 g/mol. The van der Waals surface area contributed by atoms with E-state index in [2.05, 4.69) is 5.10 Å². The van der Waals surface area contributed by atoms with E-state index in [9.17, 15) is 9.90 Å². The van der Waals surface area contributed by atoms with Gasteiger partial charge >= 0.3 is 5.69 Å². The fourth-order valence-corrected chi connectivity index (χ4v) is 2.85. The number of aromatic nitrogens is 3. The van der Waals surface area contributed by atoms with Crippen molar-refractivity contribution in [3.63, 3.8) is 0 Å². The maximum Gasteiger partial charge on any atom is 0.350 e. The Morgan fingerprint density at radius 2 is 2.00 bits per heavy atom. The number of hydrogen-bond acceptors (Lipinski definition) is 5. The van der Waals surface area contributed by atoms with E-state index in [1.807, 2.05) is 42.3 Å². The molecule has 0 spiro atoms. The number of nitrogens with zero attached hydrogens (tertiary/aromatic N) is 4. The average Bonchev–Trinajstić information content (AvgIpc) is 2.97. The number of rotatable bonds is 7. The third kappa shape index (κ3) is 3.57. The molecule has 132 valence electrons. The van der Waals surface area contributed by atoms with Gasteiger partial charge in [0, 0.05) is 12.7 Å². The van der Waals surface area contributed by atoms with E-state index in [-0.39, 0.29) is 18.3 Å². The molecule has 0 bridgehead atoms. The van der Waals surface area contributed by atoms with Gasteiger partial charge in [0.2, 0.25) is 0 Å². The molecule has 2 aromatic heterocycles. The number of ether oxygens (including phenoxy) is 1. The topological polar surface area (TPSA) is 72.0 Å². The molecule has 0 radical (unpaired) electrons. The van der Waals surface area contributed by atoms with Crippen LogP contribution in [0.25, 0.3) is 5.65 Å². The fraction of sp³-hybridized carbons (Fsp3) is 0.333. The molecule has 1 atom stereocenters. The van der Waals surface area contributed by atoms with Gasteiger partial charge in [-0.25, -0.2) is 9.48 Å². The second-order valence-corrected chi connectivity index (χ2v) is 5.89. The van der Waals surface area contributed by atoms with Crippen LogP contribution >= 0.6 is 0 Å². The highest BCUT2D eigenvalue weighted by Crippen LogP contribution is 2.21. The van der Waals surface area contributed by atoms with Gasteiger partial charge in [0.1, 0.15) is 5.75 Å². The van der Waals surface area contributed by atoms with Gasteiger partial charge in [-0.3, -0.25) is 9.30 Å². The van der Waals surface area contributed by atoms with Crippen molar-refractivity contribution in [1.29, 1.82) is 0 Å². The highest BCUT2D eigenvalue weighted by molar-refractivity contribution is 5.35. The van der Waals surface area contributed by atoms with Crippen LogP contribution in [0.15, 0.2) is 53.5 Å². The first-order valence-corrected chi connectivity index (χ1v) is 8.13. The molecular formula is C18H22N4O3. The number of fused-ring (bicyclic) bond motifs is 1. The normalized spacial score (nSPS) is 12.6. The van der Waals surface area contributed by atoms with Gasteiger partial charge in [-0.15, -0.1) is 5.10 Å². The van der Waals surface area contributed by atoms with E-state index in [1.165, 1.54) is 9.08 Å². The minimum Gasteiger partial charge on any atom is -0.497 e. The minimum atomic E-state index is -0.158. The van der Waals surface area contributed by atoms with E-state index in [0.717, 1.165) is 11.3 Å². The molecule has 0 fully saturated rings. The molecule has 0 saturated heterocycles. The highest BCUT2D eigenvalue weighted by atomic mass is 16.5. The van der Waals surface area contributed by atoms with Crippen molar-refractivity contribution in [2.45, 2.75) is 12.6 Å². The zero-order chi connectivity index (χ0) is 17.8. The van der Waals surface area contributed by atoms with Crippen molar-refractivity contribution in [1.82, 2.24) is 19.1 Å². The largest absolute Gasteiger partial charge is 0.497 e. The molecule has 3 aromatic rings. The quantitative estimate of drug-likeness (QED) is 0.698. The first-order valence-electron chi connectivity index (χ1n) is 8.13. The van der Waals surface area contributed by atoms with E-state index in [4.69, 9.17) is 4.74 Å². The summed E-state index contributed by atoms with van der Waals surface area (Å²) >= 11 is 0. The molecule has 0 amide bonds. The van der Waals surface area contributed by atoms with Gasteiger partial charge in [0.25, 0.3) is 0 Å². The lowest BCUT2D eigenvalue weighted by Crippen LogP contribution is -2.33. The summed E-state index contributed by atoms with van der Waals surface area (Å²) in [5.41, 5.74) is 1.46. The minimum absolute atomic E-state index is 0.0110. The van der Waals surface area contributed by atoms with Crippen LogP contribution in [-0.2, 0) is 6.54 Å². The number of aliphatic hydroxyl groups is 1.